The zero-order valence-electron chi connectivity index (χ0n) is 8.20. The van der Waals surface area contributed by atoms with Crippen LogP contribution in [0.15, 0.2) is 18.2 Å². The molecular formula is C10H12BrFMg. The minimum atomic E-state index is -0.358. The fraction of sp³-hybridized carbons (Fsp3) is 0.400. The van der Waals surface area contributed by atoms with Crippen LogP contribution in [0, 0.1) is 5.82 Å². The monoisotopic (exact) mass is 254 g/mol. The summed E-state index contributed by atoms with van der Waals surface area (Å²) in [5.74, 6) is -0.0915. The van der Waals surface area contributed by atoms with E-state index in [0.29, 0.717) is 0 Å². The number of rotatable bonds is 1. The summed E-state index contributed by atoms with van der Waals surface area (Å²) in [6.07, 6.45) is 0. The Morgan fingerprint density at radius 2 is 1.92 bits per heavy atom. The summed E-state index contributed by atoms with van der Waals surface area (Å²) >= 11 is 3.14. The standard InChI is InChI=1S/C10H12F.BrH.Mg/c1-10(2,3)8-6-4-5-7-9(8)11;;/h5-7H,1-3H3;1H;/q;;+1/p-1. The number of benzene rings is 1. The number of hydrogen-bond acceptors (Lipinski definition) is 0. The fourth-order valence-corrected chi connectivity index (χ4v) is 2.76. The molecular weight excluding hydrogens is 243 g/mol. The lowest BCUT2D eigenvalue weighted by Crippen LogP contribution is -2.19. The summed E-state index contributed by atoms with van der Waals surface area (Å²) in [7, 11) is 0. The van der Waals surface area contributed by atoms with Gasteiger partial charge in [-0.3, -0.25) is 12.9 Å². The van der Waals surface area contributed by atoms with E-state index in [9.17, 15) is 4.39 Å². The predicted molar refractivity (Wildman–Crippen MR) is 59.4 cm³/mol. The first-order chi connectivity index (χ1) is 5.95. The van der Waals surface area contributed by atoms with Gasteiger partial charge in [-0.1, -0.05) is 32.9 Å². The summed E-state index contributed by atoms with van der Waals surface area (Å²) in [4.78, 5) is 0. The molecule has 0 unspecified atom stereocenters. The Hall–Kier alpha value is 0.396. The molecule has 0 aliphatic carbocycles. The van der Waals surface area contributed by atoms with Gasteiger partial charge in [0, 0.05) is 0 Å². The lowest BCUT2D eigenvalue weighted by Gasteiger charge is -2.20. The average molecular weight is 255 g/mol. The van der Waals surface area contributed by atoms with Crippen LogP contribution >= 0.6 is 12.9 Å². The SMILES string of the molecule is CC(C)(C)c1c[c]([Mg][Br])ccc1F. The van der Waals surface area contributed by atoms with E-state index < -0.39 is 0 Å². The van der Waals surface area contributed by atoms with Crippen molar-refractivity contribution < 1.29 is 4.39 Å². The second-order valence-corrected chi connectivity index (χ2v) is 6.96. The molecule has 0 saturated carbocycles. The van der Waals surface area contributed by atoms with Gasteiger partial charge >= 0.3 is 18.2 Å². The Kier molecular flexibility index (Phi) is 3.78. The first-order valence-electron chi connectivity index (χ1n) is 4.30. The zero-order chi connectivity index (χ0) is 10.1. The molecule has 0 aromatic heterocycles. The molecule has 0 aliphatic rings. The second-order valence-electron chi connectivity index (χ2n) is 4.20. The van der Waals surface area contributed by atoms with E-state index >= 15 is 0 Å². The van der Waals surface area contributed by atoms with E-state index in [4.69, 9.17) is 0 Å². The topological polar surface area (TPSA) is 0 Å². The van der Waals surface area contributed by atoms with Gasteiger partial charge in [-0.25, -0.2) is 4.39 Å². The van der Waals surface area contributed by atoms with E-state index in [0.717, 1.165) is 5.56 Å². The first-order valence-corrected chi connectivity index (χ1v) is 8.90. The minimum absolute atomic E-state index is 0.0915. The lowest BCUT2D eigenvalue weighted by atomic mass is 9.87. The molecule has 1 aromatic rings. The van der Waals surface area contributed by atoms with Crippen LogP contribution in [0.4, 0.5) is 4.39 Å². The lowest BCUT2D eigenvalue weighted by molar-refractivity contribution is 0.523. The molecule has 0 radical (unpaired) electrons. The van der Waals surface area contributed by atoms with Crippen molar-refractivity contribution in [3.05, 3.63) is 29.6 Å². The summed E-state index contributed by atoms with van der Waals surface area (Å²) in [6.45, 7) is 6.10. The van der Waals surface area contributed by atoms with Gasteiger partial charge in [0.15, 0.2) is 0 Å². The summed E-state index contributed by atoms with van der Waals surface area (Å²) in [5.41, 5.74) is 0.716. The van der Waals surface area contributed by atoms with Crippen molar-refractivity contribution in [3.8, 4) is 0 Å². The van der Waals surface area contributed by atoms with Crippen LogP contribution in [-0.2, 0) is 5.41 Å². The molecule has 0 spiro atoms. The molecule has 13 heavy (non-hydrogen) atoms. The molecule has 0 N–H and O–H groups in total. The third-order valence-corrected chi connectivity index (χ3v) is 4.68. The van der Waals surface area contributed by atoms with Crippen molar-refractivity contribution in [3.63, 3.8) is 0 Å². The Labute approximate surface area is 94.5 Å². The molecule has 0 saturated heterocycles. The van der Waals surface area contributed by atoms with E-state index in [1.165, 1.54) is 3.69 Å². The molecule has 68 valence electrons. The van der Waals surface area contributed by atoms with Gasteiger partial charge in [-0.15, -0.1) is 0 Å². The molecule has 0 bridgehead atoms. The number of halogens is 2. The highest BCUT2D eigenvalue weighted by Gasteiger charge is 2.18. The third kappa shape index (κ3) is 2.93. The van der Waals surface area contributed by atoms with Crippen LogP contribution in [0.25, 0.3) is 0 Å². The average Bonchev–Trinajstić information content (AvgIpc) is 2.03. The highest BCUT2D eigenvalue weighted by molar-refractivity contribution is 9.23. The molecule has 0 fully saturated rings. The Balaban J connectivity index is 3.19. The van der Waals surface area contributed by atoms with Gasteiger partial charge in [-0.2, -0.15) is 3.69 Å². The summed E-state index contributed by atoms with van der Waals surface area (Å²) in [5, 5.41) is 0. The second kappa shape index (κ2) is 4.28. The smallest absolute Gasteiger partial charge is 0.296 e. The summed E-state index contributed by atoms with van der Waals surface area (Å²) in [6, 6.07) is 5.42. The largest absolute Gasteiger partial charge is 0.506 e. The van der Waals surface area contributed by atoms with Crippen molar-refractivity contribution in [2.75, 3.05) is 0 Å². The van der Waals surface area contributed by atoms with Gasteiger partial charge in [0.2, 0.25) is 0 Å². The van der Waals surface area contributed by atoms with E-state index in [1.807, 2.05) is 32.9 Å². The van der Waals surface area contributed by atoms with Crippen molar-refractivity contribution in [2.45, 2.75) is 26.2 Å². The van der Waals surface area contributed by atoms with Gasteiger partial charge in [0.1, 0.15) is 5.82 Å². The van der Waals surface area contributed by atoms with Crippen molar-refractivity contribution in [1.82, 2.24) is 0 Å². The van der Waals surface area contributed by atoms with Crippen LogP contribution in [0.2, 0.25) is 0 Å². The van der Waals surface area contributed by atoms with Gasteiger partial charge in [0.25, 0.3) is 0 Å². The van der Waals surface area contributed by atoms with Crippen LogP contribution in [0.5, 0.6) is 0 Å². The normalized spacial score (nSPS) is 11.2. The first kappa shape index (κ1) is 11.5. The Morgan fingerprint density at radius 3 is 2.38 bits per heavy atom. The fourth-order valence-electron chi connectivity index (χ4n) is 1.23. The van der Waals surface area contributed by atoms with Crippen LogP contribution in [0.1, 0.15) is 26.3 Å². The van der Waals surface area contributed by atoms with E-state index in [2.05, 4.69) is 12.9 Å². The molecule has 0 amide bonds. The van der Waals surface area contributed by atoms with Gasteiger partial charge in [-0.05, 0) is 17.0 Å². The van der Waals surface area contributed by atoms with Crippen molar-refractivity contribution in [1.29, 1.82) is 0 Å². The maximum Gasteiger partial charge on any atom is 0.506 e. The molecule has 0 aliphatic heterocycles. The highest BCUT2D eigenvalue weighted by Crippen LogP contribution is 2.23. The van der Waals surface area contributed by atoms with Crippen molar-refractivity contribution in [2.24, 2.45) is 0 Å². The van der Waals surface area contributed by atoms with E-state index in [-0.39, 0.29) is 29.4 Å². The predicted octanol–water partition coefficient (Wildman–Crippen LogP) is 2.76. The molecule has 1 aromatic carbocycles. The third-order valence-electron chi connectivity index (χ3n) is 1.99. The van der Waals surface area contributed by atoms with Gasteiger partial charge in [0.05, 0.1) is 0 Å². The maximum absolute atomic E-state index is 13.4. The molecule has 0 atom stereocenters. The van der Waals surface area contributed by atoms with Crippen LogP contribution in [0.3, 0.4) is 0 Å². The molecule has 0 heterocycles. The van der Waals surface area contributed by atoms with Crippen LogP contribution < -0.4 is 3.69 Å². The summed E-state index contributed by atoms with van der Waals surface area (Å²) < 4.78 is 14.7. The quantitative estimate of drug-likeness (QED) is 0.677. The van der Waals surface area contributed by atoms with Crippen LogP contribution in [-0.4, -0.2) is 18.2 Å². The number of hydrogen-bond donors (Lipinski definition) is 0. The molecule has 3 heteroatoms. The van der Waals surface area contributed by atoms with Gasteiger partial charge < -0.3 is 0 Å². The van der Waals surface area contributed by atoms with Crippen molar-refractivity contribution >= 4 is 34.8 Å². The Morgan fingerprint density at radius 1 is 1.31 bits per heavy atom. The Bertz CT molecular complexity index is 304. The maximum atomic E-state index is 13.4. The molecule has 0 nitrogen and oxygen atoms in total. The highest BCUT2D eigenvalue weighted by atomic mass is 79.9. The zero-order valence-corrected chi connectivity index (χ0v) is 11.2. The molecule has 1 rings (SSSR count). The van der Waals surface area contributed by atoms with E-state index in [1.54, 1.807) is 6.07 Å². The minimum Gasteiger partial charge on any atom is -0.296 e.